The molecule has 6 N–H and O–H groups in total. The molecule has 0 aromatic carbocycles. The molecule has 2 atom stereocenters. The summed E-state index contributed by atoms with van der Waals surface area (Å²) in [5.74, 6) is 0. The first-order valence-electron chi connectivity index (χ1n) is 1.97. The molecule has 4 heteroatoms. The number of halogens is 2. The lowest BCUT2D eigenvalue weighted by Crippen LogP contribution is -3.00. The first kappa shape index (κ1) is 10.8. The maximum absolute atomic E-state index is 3.77. The van der Waals surface area contributed by atoms with Crippen molar-refractivity contribution in [3.63, 3.8) is 0 Å². The number of hydrogen-bond donors (Lipinski definition) is 2. The van der Waals surface area contributed by atoms with Gasteiger partial charge < -0.3 is 45.4 Å². The zero-order chi connectivity index (χ0) is 3.86. The Hall–Kier alpha value is 0.880. The molecule has 1 saturated carbocycles. The number of rotatable bonds is 0. The molecule has 46 valence electrons. The fraction of sp³-hybridized carbons (Fsp3) is 1.00. The van der Waals surface area contributed by atoms with E-state index in [0.29, 0.717) is 12.1 Å². The Morgan fingerprint density at radius 2 is 1.14 bits per heavy atom. The molecular formula is C3H10Br2N2. The maximum atomic E-state index is 3.77. The monoisotopic (exact) mass is 232 g/mol. The summed E-state index contributed by atoms with van der Waals surface area (Å²) in [4.78, 5) is 0. The average molecular weight is 234 g/mol. The van der Waals surface area contributed by atoms with Crippen molar-refractivity contribution in [2.24, 2.45) is 0 Å². The van der Waals surface area contributed by atoms with Crippen LogP contribution in [0.5, 0.6) is 0 Å². The summed E-state index contributed by atoms with van der Waals surface area (Å²) in [5, 5.41) is 0. The van der Waals surface area contributed by atoms with Gasteiger partial charge in [-0.3, -0.25) is 0 Å². The van der Waals surface area contributed by atoms with Crippen molar-refractivity contribution in [3.05, 3.63) is 0 Å². The van der Waals surface area contributed by atoms with E-state index in [1.807, 2.05) is 0 Å². The van der Waals surface area contributed by atoms with Crippen LogP contribution < -0.4 is 45.4 Å². The topological polar surface area (TPSA) is 55.3 Å². The van der Waals surface area contributed by atoms with Crippen LogP contribution in [0.15, 0.2) is 0 Å². The minimum atomic E-state index is 0. The van der Waals surface area contributed by atoms with Gasteiger partial charge in [0.15, 0.2) is 0 Å². The molecule has 0 aromatic rings. The summed E-state index contributed by atoms with van der Waals surface area (Å²) in [7, 11) is 0. The molecule has 2 nitrogen and oxygen atoms in total. The largest absolute Gasteiger partial charge is 1.00 e. The predicted octanol–water partition coefficient (Wildman–Crippen LogP) is -8.38. The molecule has 0 unspecified atom stereocenters. The van der Waals surface area contributed by atoms with Crippen LogP contribution in [-0.4, -0.2) is 12.1 Å². The second-order valence-corrected chi connectivity index (χ2v) is 1.76. The summed E-state index contributed by atoms with van der Waals surface area (Å²) >= 11 is 0. The summed E-state index contributed by atoms with van der Waals surface area (Å²) in [5.41, 5.74) is 7.54. The van der Waals surface area contributed by atoms with Crippen molar-refractivity contribution < 1.29 is 45.4 Å². The second kappa shape index (κ2) is 3.83. The van der Waals surface area contributed by atoms with Gasteiger partial charge in [-0.15, -0.1) is 0 Å². The van der Waals surface area contributed by atoms with E-state index < -0.39 is 0 Å². The van der Waals surface area contributed by atoms with Gasteiger partial charge in [-0.2, -0.15) is 0 Å². The SMILES string of the molecule is [Br-].[Br-].[NH3+][C@H]1C[C@@H]1[NH3+]. The molecule has 1 aliphatic carbocycles. The van der Waals surface area contributed by atoms with Gasteiger partial charge in [-0.05, 0) is 0 Å². The van der Waals surface area contributed by atoms with Crippen LogP contribution in [0, 0.1) is 0 Å². The number of quaternary nitrogens is 2. The van der Waals surface area contributed by atoms with E-state index in [-0.39, 0.29) is 34.0 Å². The minimum Gasteiger partial charge on any atom is -1.00 e. The third kappa shape index (κ3) is 3.46. The normalized spacial score (nSPS) is 35.1. The van der Waals surface area contributed by atoms with Gasteiger partial charge in [0.1, 0.15) is 12.1 Å². The molecule has 0 spiro atoms. The fourth-order valence-electron chi connectivity index (χ4n) is 0.310. The molecule has 0 radical (unpaired) electrons. The molecule has 0 aromatic heterocycles. The third-order valence-corrected chi connectivity index (χ3v) is 1.07. The van der Waals surface area contributed by atoms with Gasteiger partial charge in [-0.25, -0.2) is 0 Å². The average Bonchev–Trinajstić information content (AvgIpc) is 1.79. The van der Waals surface area contributed by atoms with Crippen LogP contribution in [0.3, 0.4) is 0 Å². The highest BCUT2D eigenvalue weighted by Crippen LogP contribution is 2.08. The van der Waals surface area contributed by atoms with Gasteiger partial charge in [0.25, 0.3) is 0 Å². The maximum Gasteiger partial charge on any atom is 0.143 e. The van der Waals surface area contributed by atoms with E-state index in [4.69, 9.17) is 0 Å². The van der Waals surface area contributed by atoms with E-state index in [2.05, 4.69) is 11.5 Å². The Balaban J connectivity index is 0. The molecule has 1 rings (SSSR count). The molecule has 0 amide bonds. The van der Waals surface area contributed by atoms with Gasteiger partial charge in [0, 0.05) is 0 Å². The Morgan fingerprint density at radius 3 is 1.14 bits per heavy atom. The molecule has 0 saturated heterocycles. The molecule has 0 bridgehead atoms. The van der Waals surface area contributed by atoms with E-state index >= 15 is 0 Å². The summed E-state index contributed by atoms with van der Waals surface area (Å²) in [6.45, 7) is 0. The molecule has 1 aliphatic rings. The third-order valence-electron chi connectivity index (χ3n) is 1.07. The van der Waals surface area contributed by atoms with E-state index in [9.17, 15) is 0 Å². The smallest absolute Gasteiger partial charge is 0.143 e. The minimum absolute atomic E-state index is 0. The van der Waals surface area contributed by atoms with Gasteiger partial charge in [0.2, 0.25) is 0 Å². The van der Waals surface area contributed by atoms with Gasteiger partial charge in [-0.1, -0.05) is 0 Å². The highest BCUT2D eigenvalue weighted by atomic mass is 79.9. The summed E-state index contributed by atoms with van der Waals surface area (Å²) in [6, 6.07) is 1.38. The highest BCUT2D eigenvalue weighted by Gasteiger charge is 2.38. The van der Waals surface area contributed by atoms with Crippen molar-refractivity contribution in [1.82, 2.24) is 0 Å². The van der Waals surface area contributed by atoms with E-state index in [0.717, 1.165) is 0 Å². The second-order valence-electron chi connectivity index (χ2n) is 1.76. The quantitative estimate of drug-likeness (QED) is 0.418. The molecular weight excluding hydrogens is 224 g/mol. The standard InChI is InChI=1S/C3H8N2.2BrH/c4-2-1-3(2)5;;/h2-3H,1,4-5H2;2*1H/t2-,3-;;/m0../s1. The molecule has 7 heavy (non-hydrogen) atoms. The molecule has 0 aliphatic heterocycles. The Kier molecular flexibility index (Phi) is 5.90. The van der Waals surface area contributed by atoms with Crippen LogP contribution in [0.25, 0.3) is 0 Å². The van der Waals surface area contributed by atoms with Crippen LogP contribution in [0.4, 0.5) is 0 Å². The lowest BCUT2D eigenvalue weighted by Gasteiger charge is -1.63. The van der Waals surface area contributed by atoms with Crippen LogP contribution >= 0.6 is 0 Å². The zero-order valence-electron chi connectivity index (χ0n) is 4.03. The Morgan fingerprint density at radius 1 is 1.00 bits per heavy atom. The summed E-state index contributed by atoms with van der Waals surface area (Å²) in [6.07, 6.45) is 1.25. The van der Waals surface area contributed by atoms with Crippen molar-refractivity contribution in [2.45, 2.75) is 18.5 Å². The van der Waals surface area contributed by atoms with Gasteiger partial charge >= 0.3 is 0 Å². The van der Waals surface area contributed by atoms with Gasteiger partial charge in [0.05, 0.1) is 6.42 Å². The number of hydrogen-bond acceptors (Lipinski definition) is 0. The van der Waals surface area contributed by atoms with Crippen LogP contribution in [-0.2, 0) is 0 Å². The first-order chi connectivity index (χ1) is 2.30. The molecule has 0 heterocycles. The van der Waals surface area contributed by atoms with E-state index in [1.165, 1.54) is 6.42 Å². The zero-order valence-corrected chi connectivity index (χ0v) is 7.20. The van der Waals surface area contributed by atoms with E-state index in [1.54, 1.807) is 0 Å². The van der Waals surface area contributed by atoms with Crippen LogP contribution in [0.2, 0.25) is 0 Å². The lowest BCUT2D eigenvalue weighted by atomic mass is 10.7. The van der Waals surface area contributed by atoms with Crippen molar-refractivity contribution in [3.8, 4) is 0 Å². The van der Waals surface area contributed by atoms with Crippen molar-refractivity contribution >= 4 is 0 Å². The Bertz CT molecular complexity index is 44.2. The predicted molar refractivity (Wildman–Crippen MR) is 18.0 cm³/mol. The van der Waals surface area contributed by atoms with Crippen molar-refractivity contribution in [1.29, 1.82) is 0 Å². The fourth-order valence-corrected chi connectivity index (χ4v) is 0.310. The molecule has 1 fully saturated rings. The van der Waals surface area contributed by atoms with Crippen LogP contribution in [0.1, 0.15) is 6.42 Å². The lowest BCUT2D eigenvalue weighted by molar-refractivity contribution is -0.457. The highest BCUT2D eigenvalue weighted by molar-refractivity contribution is 4.81. The van der Waals surface area contributed by atoms with Crippen molar-refractivity contribution in [2.75, 3.05) is 0 Å². The summed E-state index contributed by atoms with van der Waals surface area (Å²) < 4.78 is 0. The Labute approximate surface area is 64.2 Å². The first-order valence-corrected chi connectivity index (χ1v) is 1.97.